The van der Waals surface area contributed by atoms with Gasteiger partial charge in [0.15, 0.2) is 5.96 Å². The second-order valence-electron chi connectivity index (χ2n) is 5.92. The lowest BCUT2D eigenvalue weighted by molar-refractivity contribution is 0.368. The maximum atomic E-state index is 5.98. The zero-order valence-corrected chi connectivity index (χ0v) is 14.8. The van der Waals surface area contributed by atoms with E-state index in [1.807, 2.05) is 0 Å². The van der Waals surface area contributed by atoms with Crippen molar-refractivity contribution < 1.29 is 4.52 Å². The van der Waals surface area contributed by atoms with Crippen molar-refractivity contribution in [3.05, 3.63) is 17.0 Å². The number of nitrogens with two attached hydrogens (primary N) is 1. The summed E-state index contributed by atoms with van der Waals surface area (Å²) in [6.07, 6.45) is 10.9. The number of aliphatic imine (C=N–C) groups is 1. The summed E-state index contributed by atoms with van der Waals surface area (Å²) in [4.78, 5) is 4.43. The molecule has 2 aliphatic carbocycles. The van der Waals surface area contributed by atoms with Gasteiger partial charge in [-0.2, -0.15) is 0 Å². The van der Waals surface area contributed by atoms with Gasteiger partial charge >= 0.3 is 0 Å². The van der Waals surface area contributed by atoms with E-state index in [-0.39, 0.29) is 24.0 Å². The molecule has 1 fully saturated rings. The molecule has 0 aliphatic heterocycles. The monoisotopic (exact) mass is 404 g/mol. The van der Waals surface area contributed by atoms with E-state index in [1.165, 1.54) is 50.5 Å². The summed E-state index contributed by atoms with van der Waals surface area (Å²) in [5.74, 6) is 1.60. The van der Waals surface area contributed by atoms with E-state index in [1.54, 1.807) is 0 Å². The minimum Gasteiger partial charge on any atom is -0.370 e. The first kappa shape index (κ1) is 16.6. The number of aryl methyl sites for hydroxylation is 1. The standard InChI is InChI=1S/C15H24N4O.HI/c16-15(18-11-6-2-1-3-7-11)17-10-13-12-8-4-5-9-14(12)20-19-13;/h11H,1-10H2,(H3,16,17,18);1H. The van der Waals surface area contributed by atoms with Crippen LogP contribution in [-0.2, 0) is 19.4 Å². The highest BCUT2D eigenvalue weighted by Gasteiger charge is 2.19. The van der Waals surface area contributed by atoms with Gasteiger partial charge in [-0.25, -0.2) is 4.99 Å². The van der Waals surface area contributed by atoms with Gasteiger partial charge in [0.25, 0.3) is 0 Å². The van der Waals surface area contributed by atoms with Gasteiger partial charge in [-0.1, -0.05) is 24.4 Å². The van der Waals surface area contributed by atoms with Crippen molar-refractivity contribution in [1.82, 2.24) is 10.5 Å². The van der Waals surface area contributed by atoms with Crippen molar-refractivity contribution in [3.63, 3.8) is 0 Å². The molecule has 3 rings (SSSR count). The van der Waals surface area contributed by atoms with Crippen LogP contribution >= 0.6 is 24.0 Å². The van der Waals surface area contributed by atoms with Gasteiger partial charge in [0.05, 0.1) is 6.54 Å². The molecule has 0 spiro atoms. The third-order valence-corrected chi connectivity index (χ3v) is 4.39. The number of halogens is 1. The SMILES string of the molecule is I.NC(=NCc1noc2c1CCCC2)NC1CCCCC1. The molecule has 3 N–H and O–H groups in total. The van der Waals surface area contributed by atoms with E-state index in [0.29, 0.717) is 18.5 Å². The Hall–Kier alpha value is -0.790. The van der Waals surface area contributed by atoms with E-state index in [4.69, 9.17) is 10.3 Å². The molecule has 0 saturated heterocycles. The first-order chi connectivity index (χ1) is 9.83. The lowest BCUT2D eigenvalue weighted by Crippen LogP contribution is -2.41. The third kappa shape index (κ3) is 4.34. The van der Waals surface area contributed by atoms with E-state index >= 15 is 0 Å². The van der Waals surface area contributed by atoms with Gasteiger partial charge in [0, 0.05) is 18.0 Å². The molecule has 5 nitrogen and oxygen atoms in total. The van der Waals surface area contributed by atoms with Crippen molar-refractivity contribution in [2.24, 2.45) is 10.7 Å². The number of hydrogen-bond donors (Lipinski definition) is 2. The molecule has 0 radical (unpaired) electrons. The molecule has 118 valence electrons. The molecule has 0 amide bonds. The van der Waals surface area contributed by atoms with E-state index in [0.717, 1.165) is 24.3 Å². The fourth-order valence-corrected chi connectivity index (χ4v) is 3.23. The van der Waals surface area contributed by atoms with Crippen molar-refractivity contribution in [1.29, 1.82) is 0 Å². The summed E-state index contributed by atoms with van der Waals surface area (Å²) in [7, 11) is 0. The molecule has 1 saturated carbocycles. The number of rotatable bonds is 3. The number of guanidine groups is 1. The third-order valence-electron chi connectivity index (χ3n) is 4.39. The average molecular weight is 404 g/mol. The molecule has 0 bridgehead atoms. The van der Waals surface area contributed by atoms with Crippen LogP contribution in [0, 0.1) is 0 Å². The predicted octanol–water partition coefficient (Wildman–Crippen LogP) is 2.91. The molecule has 1 heterocycles. The van der Waals surface area contributed by atoms with Gasteiger partial charge < -0.3 is 15.6 Å². The normalized spacial score (nSPS) is 19.7. The van der Waals surface area contributed by atoms with Crippen LogP contribution in [-0.4, -0.2) is 17.2 Å². The van der Waals surface area contributed by atoms with Crippen molar-refractivity contribution >= 4 is 29.9 Å². The molecular weight excluding hydrogens is 379 g/mol. The van der Waals surface area contributed by atoms with Crippen LogP contribution in [0.2, 0.25) is 0 Å². The second-order valence-corrected chi connectivity index (χ2v) is 5.92. The van der Waals surface area contributed by atoms with Crippen LogP contribution in [0.3, 0.4) is 0 Å². The quantitative estimate of drug-likeness (QED) is 0.462. The van der Waals surface area contributed by atoms with Crippen molar-refractivity contribution in [2.45, 2.75) is 70.4 Å². The zero-order chi connectivity index (χ0) is 13.8. The highest BCUT2D eigenvalue weighted by Crippen LogP contribution is 2.24. The summed E-state index contributed by atoms with van der Waals surface area (Å²) in [6.45, 7) is 0.532. The first-order valence-corrected chi connectivity index (χ1v) is 7.85. The Morgan fingerprint density at radius 2 is 1.95 bits per heavy atom. The number of nitrogens with one attached hydrogen (secondary N) is 1. The molecule has 0 unspecified atom stereocenters. The van der Waals surface area contributed by atoms with Crippen molar-refractivity contribution in [2.75, 3.05) is 0 Å². The topological polar surface area (TPSA) is 76.4 Å². The first-order valence-electron chi connectivity index (χ1n) is 7.85. The van der Waals surface area contributed by atoms with E-state index in [9.17, 15) is 0 Å². The summed E-state index contributed by atoms with van der Waals surface area (Å²) in [5.41, 5.74) is 8.21. The minimum absolute atomic E-state index is 0. The minimum atomic E-state index is 0. The number of fused-ring (bicyclic) bond motifs is 1. The molecule has 1 aromatic rings. The average Bonchev–Trinajstić information content (AvgIpc) is 2.89. The smallest absolute Gasteiger partial charge is 0.189 e. The largest absolute Gasteiger partial charge is 0.370 e. The fraction of sp³-hybridized carbons (Fsp3) is 0.733. The van der Waals surface area contributed by atoms with Crippen LogP contribution < -0.4 is 11.1 Å². The molecular formula is C15H25IN4O. The maximum absolute atomic E-state index is 5.98. The predicted molar refractivity (Wildman–Crippen MR) is 93.9 cm³/mol. The molecule has 1 aromatic heterocycles. The zero-order valence-electron chi connectivity index (χ0n) is 12.4. The summed E-state index contributed by atoms with van der Waals surface area (Å²) < 4.78 is 5.39. The van der Waals surface area contributed by atoms with Gasteiger partial charge in [-0.3, -0.25) is 0 Å². The van der Waals surface area contributed by atoms with Gasteiger partial charge in [-0.05, 0) is 32.1 Å². The van der Waals surface area contributed by atoms with E-state index in [2.05, 4.69) is 15.5 Å². The maximum Gasteiger partial charge on any atom is 0.189 e. The van der Waals surface area contributed by atoms with E-state index < -0.39 is 0 Å². The molecule has 0 atom stereocenters. The van der Waals surface area contributed by atoms with Crippen LogP contribution in [0.4, 0.5) is 0 Å². The second kappa shape index (κ2) is 8.00. The number of nitrogens with zero attached hydrogens (tertiary/aromatic N) is 2. The lowest BCUT2D eigenvalue weighted by Gasteiger charge is -2.23. The lowest BCUT2D eigenvalue weighted by atomic mass is 9.96. The van der Waals surface area contributed by atoms with Gasteiger partial charge in [0.1, 0.15) is 11.5 Å². The molecule has 6 heteroatoms. The van der Waals surface area contributed by atoms with Crippen molar-refractivity contribution in [3.8, 4) is 0 Å². The molecule has 21 heavy (non-hydrogen) atoms. The van der Waals surface area contributed by atoms with Crippen LogP contribution in [0.15, 0.2) is 9.52 Å². The number of hydrogen-bond acceptors (Lipinski definition) is 3. The molecule has 0 aromatic carbocycles. The number of aromatic nitrogens is 1. The molecule has 2 aliphatic rings. The highest BCUT2D eigenvalue weighted by atomic mass is 127. The summed E-state index contributed by atoms with van der Waals surface area (Å²) in [6, 6.07) is 0.499. The Kier molecular flexibility index (Phi) is 6.32. The Labute approximate surface area is 143 Å². The Morgan fingerprint density at radius 3 is 2.76 bits per heavy atom. The Bertz CT molecular complexity index is 480. The highest BCUT2D eigenvalue weighted by molar-refractivity contribution is 14.0. The summed E-state index contributed by atoms with van der Waals surface area (Å²) in [5, 5.41) is 7.48. The Morgan fingerprint density at radius 1 is 1.19 bits per heavy atom. The Balaban J connectivity index is 0.00000161. The fourth-order valence-electron chi connectivity index (χ4n) is 3.23. The summed E-state index contributed by atoms with van der Waals surface area (Å²) >= 11 is 0. The van der Waals surface area contributed by atoms with Gasteiger partial charge in [0.2, 0.25) is 0 Å². The van der Waals surface area contributed by atoms with Crippen LogP contribution in [0.25, 0.3) is 0 Å². The van der Waals surface area contributed by atoms with Gasteiger partial charge in [-0.15, -0.1) is 24.0 Å². The van der Waals surface area contributed by atoms with Crippen LogP contribution in [0.1, 0.15) is 62.0 Å². The van der Waals surface area contributed by atoms with Crippen LogP contribution in [0.5, 0.6) is 0 Å².